The van der Waals surface area contributed by atoms with Gasteiger partial charge in [-0.05, 0) is 31.0 Å². The second-order valence-electron chi connectivity index (χ2n) is 6.34. The minimum absolute atomic E-state index is 0.0119. The summed E-state index contributed by atoms with van der Waals surface area (Å²) >= 11 is 0. The van der Waals surface area contributed by atoms with Crippen molar-refractivity contribution in [1.29, 1.82) is 0 Å². The first kappa shape index (κ1) is 17.6. The molecule has 25 heavy (non-hydrogen) atoms. The number of fused-ring (bicyclic) bond motifs is 1. The van der Waals surface area contributed by atoms with Gasteiger partial charge in [-0.15, -0.1) is 0 Å². The van der Waals surface area contributed by atoms with E-state index in [1.54, 1.807) is 7.11 Å². The molecule has 0 amide bonds. The maximum atomic E-state index is 12.1. The van der Waals surface area contributed by atoms with Crippen LogP contribution in [0.25, 0.3) is 0 Å². The van der Waals surface area contributed by atoms with Crippen LogP contribution in [0.1, 0.15) is 22.6 Å². The van der Waals surface area contributed by atoms with Gasteiger partial charge in [0, 0.05) is 38.7 Å². The lowest BCUT2D eigenvalue weighted by molar-refractivity contribution is 0.146. The topological polar surface area (TPSA) is 67.5 Å². The van der Waals surface area contributed by atoms with Gasteiger partial charge in [0.05, 0.1) is 12.3 Å². The normalized spacial score (nSPS) is 14.8. The average Bonchev–Trinajstić information content (AvgIpc) is 2.78. The van der Waals surface area contributed by atoms with Crippen LogP contribution in [-0.2, 0) is 24.1 Å². The largest absolute Gasteiger partial charge is 0.491 e. The molecule has 0 atom stereocenters. The maximum Gasteiger partial charge on any atom is 0.254 e. The fourth-order valence-electron chi connectivity index (χ4n) is 3.17. The van der Waals surface area contributed by atoms with E-state index in [0.29, 0.717) is 19.0 Å². The Kier molecular flexibility index (Phi) is 5.83. The Morgan fingerprint density at radius 2 is 2.08 bits per heavy atom. The van der Waals surface area contributed by atoms with Crippen LogP contribution in [0.4, 0.5) is 0 Å². The molecule has 1 aromatic heterocycles. The second kappa shape index (κ2) is 8.27. The maximum absolute atomic E-state index is 12.1. The number of methoxy groups -OCH3 is 1. The number of hydrogen-bond acceptors (Lipinski definition) is 5. The molecule has 2 heterocycles. The fourth-order valence-corrected chi connectivity index (χ4v) is 3.17. The van der Waals surface area contributed by atoms with Crippen LogP contribution >= 0.6 is 0 Å². The third-order valence-electron chi connectivity index (χ3n) is 4.42. The van der Waals surface area contributed by atoms with Gasteiger partial charge < -0.3 is 14.5 Å². The summed E-state index contributed by atoms with van der Waals surface area (Å²) in [6.45, 7) is 5.56. The summed E-state index contributed by atoms with van der Waals surface area (Å²) in [6.07, 6.45) is 1.55. The Hall–Kier alpha value is -2.18. The van der Waals surface area contributed by atoms with E-state index in [9.17, 15) is 4.79 Å². The number of hydrogen-bond donors (Lipinski definition) is 1. The molecule has 0 spiro atoms. The van der Waals surface area contributed by atoms with E-state index in [1.807, 2.05) is 19.1 Å². The Morgan fingerprint density at radius 3 is 2.92 bits per heavy atom. The highest BCUT2D eigenvalue weighted by atomic mass is 16.5. The number of rotatable bonds is 6. The van der Waals surface area contributed by atoms with Gasteiger partial charge in [-0.2, -0.15) is 0 Å². The first-order valence-corrected chi connectivity index (χ1v) is 8.67. The number of aromatic amines is 1. The third kappa shape index (κ3) is 4.67. The zero-order chi connectivity index (χ0) is 17.6. The summed E-state index contributed by atoms with van der Waals surface area (Å²) in [5, 5.41) is 0. The van der Waals surface area contributed by atoms with Crippen molar-refractivity contribution in [3.8, 4) is 5.75 Å². The molecule has 0 radical (unpaired) electrons. The van der Waals surface area contributed by atoms with Crippen LogP contribution in [0.15, 0.2) is 29.1 Å². The summed E-state index contributed by atoms with van der Waals surface area (Å²) in [4.78, 5) is 21.8. The zero-order valence-corrected chi connectivity index (χ0v) is 14.9. The highest BCUT2D eigenvalue weighted by molar-refractivity contribution is 5.28. The molecule has 1 aliphatic heterocycles. The van der Waals surface area contributed by atoms with E-state index in [0.717, 1.165) is 49.5 Å². The summed E-state index contributed by atoms with van der Waals surface area (Å²) in [6, 6.07) is 8.16. The van der Waals surface area contributed by atoms with Gasteiger partial charge in [0.1, 0.15) is 18.2 Å². The van der Waals surface area contributed by atoms with Crippen molar-refractivity contribution >= 4 is 0 Å². The molecule has 0 saturated heterocycles. The van der Waals surface area contributed by atoms with E-state index in [4.69, 9.17) is 9.47 Å². The molecule has 0 bridgehead atoms. The Balaban J connectivity index is 1.64. The molecule has 6 heteroatoms. The molecular weight excluding hydrogens is 318 g/mol. The van der Waals surface area contributed by atoms with Gasteiger partial charge in [-0.1, -0.05) is 12.1 Å². The third-order valence-corrected chi connectivity index (χ3v) is 4.42. The second-order valence-corrected chi connectivity index (χ2v) is 6.34. The standard InChI is InChI=1S/C19H25N3O3/c1-14-20-18-7-9-22(8-6-17(18)19(23)21-14)13-15-4-3-5-16(12-15)25-11-10-24-2/h3-5,12H,6-11,13H2,1-2H3,(H,20,21,23). The smallest absolute Gasteiger partial charge is 0.254 e. The number of H-pyrrole nitrogens is 1. The van der Waals surface area contributed by atoms with Crippen molar-refractivity contribution in [2.75, 3.05) is 33.4 Å². The van der Waals surface area contributed by atoms with E-state index in [2.05, 4.69) is 27.0 Å². The molecule has 0 saturated carbocycles. The number of ether oxygens (including phenoxy) is 2. The Bertz CT molecular complexity index is 773. The molecule has 1 aliphatic rings. The fraction of sp³-hybridized carbons (Fsp3) is 0.474. The van der Waals surface area contributed by atoms with Crippen LogP contribution in [0.2, 0.25) is 0 Å². The SMILES string of the molecule is COCCOc1cccc(CN2CCc3nc(C)[nH]c(=O)c3CC2)c1. The lowest BCUT2D eigenvalue weighted by atomic mass is 10.1. The minimum Gasteiger partial charge on any atom is -0.491 e. The Morgan fingerprint density at radius 1 is 1.24 bits per heavy atom. The highest BCUT2D eigenvalue weighted by Gasteiger charge is 2.18. The van der Waals surface area contributed by atoms with Crippen LogP contribution in [0.5, 0.6) is 5.75 Å². The quantitative estimate of drug-likeness (QED) is 0.809. The lowest BCUT2D eigenvalue weighted by Crippen LogP contribution is -2.26. The number of benzene rings is 1. The molecule has 1 aromatic carbocycles. The van der Waals surface area contributed by atoms with Gasteiger partial charge in [0.2, 0.25) is 0 Å². The van der Waals surface area contributed by atoms with Crippen molar-refractivity contribution in [1.82, 2.24) is 14.9 Å². The minimum atomic E-state index is 0.0119. The van der Waals surface area contributed by atoms with Crippen LogP contribution in [-0.4, -0.2) is 48.3 Å². The number of nitrogens with one attached hydrogen (secondary N) is 1. The number of aromatic nitrogens is 2. The molecule has 0 unspecified atom stereocenters. The molecule has 1 N–H and O–H groups in total. The van der Waals surface area contributed by atoms with Gasteiger partial charge in [0.25, 0.3) is 5.56 Å². The van der Waals surface area contributed by atoms with Gasteiger partial charge in [0.15, 0.2) is 0 Å². The molecule has 0 fully saturated rings. The molecule has 2 aromatic rings. The van der Waals surface area contributed by atoms with E-state index in [1.165, 1.54) is 5.56 Å². The van der Waals surface area contributed by atoms with Gasteiger partial charge >= 0.3 is 0 Å². The summed E-state index contributed by atoms with van der Waals surface area (Å²) in [5.41, 5.74) is 3.00. The summed E-state index contributed by atoms with van der Waals surface area (Å²) in [7, 11) is 1.67. The van der Waals surface area contributed by atoms with Crippen molar-refractivity contribution in [3.05, 3.63) is 57.3 Å². The highest BCUT2D eigenvalue weighted by Crippen LogP contribution is 2.17. The van der Waals surface area contributed by atoms with Crippen molar-refractivity contribution in [2.24, 2.45) is 0 Å². The van der Waals surface area contributed by atoms with Gasteiger partial charge in [-0.25, -0.2) is 4.98 Å². The van der Waals surface area contributed by atoms with Crippen LogP contribution in [0.3, 0.4) is 0 Å². The Labute approximate surface area is 147 Å². The molecule has 134 valence electrons. The predicted molar refractivity (Wildman–Crippen MR) is 96.1 cm³/mol. The first-order valence-electron chi connectivity index (χ1n) is 8.67. The first-order chi connectivity index (χ1) is 12.2. The average molecular weight is 343 g/mol. The molecule has 0 aliphatic carbocycles. The number of nitrogens with zero attached hydrogens (tertiary/aromatic N) is 2. The molecular formula is C19H25N3O3. The zero-order valence-electron chi connectivity index (χ0n) is 14.9. The van der Waals surface area contributed by atoms with E-state index < -0.39 is 0 Å². The van der Waals surface area contributed by atoms with Crippen molar-refractivity contribution in [3.63, 3.8) is 0 Å². The van der Waals surface area contributed by atoms with Crippen LogP contribution in [0, 0.1) is 6.92 Å². The molecule has 3 rings (SSSR count). The predicted octanol–water partition coefficient (Wildman–Crippen LogP) is 1.70. The van der Waals surface area contributed by atoms with E-state index >= 15 is 0 Å². The van der Waals surface area contributed by atoms with Crippen LogP contribution < -0.4 is 10.3 Å². The summed E-state index contributed by atoms with van der Waals surface area (Å²) < 4.78 is 10.7. The monoisotopic (exact) mass is 343 g/mol. The van der Waals surface area contributed by atoms with Crippen molar-refractivity contribution < 1.29 is 9.47 Å². The van der Waals surface area contributed by atoms with E-state index in [-0.39, 0.29) is 5.56 Å². The van der Waals surface area contributed by atoms with Gasteiger partial charge in [-0.3, -0.25) is 9.69 Å². The summed E-state index contributed by atoms with van der Waals surface area (Å²) in [5.74, 6) is 1.56. The number of aryl methyl sites for hydroxylation is 1. The molecule has 6 nitrogen and oxygen atoms in total. The van der Waals surface area contributed by atoms with Crippen molar-refractivity contribution in [2.45, 2.75) is 26.3 Å². The lowest BCUT2D eigenvalue weighted by Gasteiger charge is -2.20.